The lowest BCUT2D eigenvalue weighted by Gasteiger charge is -2.22. The Balaban J connectivity index is 2.55. The maximum atomic E-state index is 12.5. The molecule has 0 bridgehead atoms. The maximum Gasteiger partial charge on any atom is 0.269 e. The van der Waals surface area contributed by atoms with E-state index in [2.05, 4.69) is 9.97 Å². The van der Waals surface area contributed by atoms with Gasteiger partial charge in [0, 0.05) is 37.4 Å². The van der Waals surface area contributed by atoms with Crippen LogP contribution in [0.25, 0.3) is 0 Å². The van der Waals surface area contributed by atoms with Crippen molar-refractivity contribution >= 4 is 15.7 Å². The van der Waals surface area contributed by atoms with Crippen LogP contribution >= 0.6 is 0 Å². The Kier molecular flexibility index (Phi) is 3.66. The average Bonchev–Trinajstić information content (AvgIpc) is 2.40. The molecule has 0 fully saturated rings. The van der Waals surface area contributed by atoms with Crippen LogP contribution in [0.15, 0.2) is 52.7 Å². The van der Waals surface area contributed by atoms with Gasteiger partial charge in [-0.3, -0.25) is 14.1 Å². The monoisotopic (exact) mass is 279 g/mol. The van der Waals surface area contributed by atoms with E-state index in [-0.39, 0.29) is 11.4 Å². The van der Waals surface area contributed by atoms with Crippen LogP contribution in [0.3, 0.4) is 0 Å². The number of rotatable bonds is 4. The summed E-state index contributed by atoms with van der Waals surface area (Å²) in [4.78, 5) is 17.9. The smallest absolute Gasteiger partial charge is 0.269 e. The molecule has 0 radical (unpaired) electrons. The topological polar surface area (TPSA) is 83.1 Å². The first-order valence-corrected chi connectivity index (χ1v) is 7.11. The van der Waals surface area contributed by atoms with Gasteiger partial charge in [0.1, 0.15) is 0 Å². The Bertz CT molecular complexity index is 710. The SMILES string of the molecule is CCN(c1ccncc1)S(=O)(=O)c1c[nH]ccc1=O. The van der Waals surface area contributed by atoms with Crippen LogP contribution in [0.5, 0.6) is 0 Å². The Labute approximate surface area is 110 Å². The molecular weight excluding hydrogens is 266 g/mol. The second-order valence-corrected chi connectivity index (χ2v) is 5.58. The van der Waals surface area contributed by atoms with Crippen molar-refractivity contribution in [1.29, 1.82) is 0 Å². The molecule has 6 nitrogen and oxygen atoms in total. The molecule has 0 aromatic carbocycles. The minimum Gasteiger partial charge on any atom is -0.366 e. The Morgan fingerprint density at radius 2 is 1.95 bits per heavy atom. The molecule has 100 valence electrons. The molecule has 0 amide bonds. The van der Waals surface area contributed by atoms with Gasteiger partial charge in [-0.15, -0.1) is 0 Å². The number of sulfonamides is 1. The first-order chi connectivity index (χ1) is 9.07. The zero-order valence-electron chi connectivity index (χ0n) is 10.3. The summed E-state index contributed by atoms with van der Waals surface area (Å²) < 4.78 is 26.1. The van der Waals surface area contributed by atoms with Gasteiger partial charge in [0.25, 0.3) is 10.0 Å². The van der Waals surface area contributed by atoms with E-state index in [0.29, 0.717) is 5.69 Å². The molecule has 0 saturated heterocycles. The molecule has 0 unspecified atom stereocenters. The molecular formula is C12H13N3O3S. The molecule has 0 aliphatic carbocycles. The zero-order valence-corrected chi connectivity index (χ0v) is 11.1. The molecule has 2 aromatic heterocycles. The summed E-state index contributed by atoms with van der Waals surface area (Å²) in [5, 5.41) is 0. The molecule has 1 N–H and O–H groups in total. The Hall–Kier alpha value is -2.15. The van der Waals surface area contributed by atoms with Gasteiger partial charge in [0.2, 0.25) is 5.43 Å². The zero-order chi connectivity index (χ0) is 13.9. The third-order valence-corrected chi connectivity index (χ3v) is 4.52. The number of nitrogens with zero attached hydrogens (tertiary/aromatic N) is 2. The second-order valence-electron chi connectivity index (χ2n) is 3.75. The van der Waals surface area contributed by atoms with E-state index in [4.69, 9.17) is 0 Å². The molecule has 7 heteroatoms. The molecule has 2 rings (SSSR count). The van der Waals surface area contributed by atoms with Gasteiger partial charge < -0.3 is 4.98 Å². The summed E-state index contributed by atoms with van der Waals surface area (Å²) in [6, 6.07) is 4.35. The van der Waals surface area contributed by atoms with Crippen molar-refractivity contribution in [3.05, 3.63) is 53.2 Å². The number of aromatic nitrogens is 2. The van der Waals surface area contributed by atoms with Gasteiger partial charge in [-0.1, -0.05) is 0 Å². The van der Waals surface area contributed by atoms with Crippen molar-refractivity contribution in [2.24, 2.45) is 0 Å². The first-order valence-electron chi connectivity index (χ1n) is 5.67. The highest BCUT2D eigenvalue weighted by atomic mass is 32.2. The molecule has 0 aliphatic heterocycles. The predicted octanol–water partition coefficient (Wildman–Crippen LogP) is 0.985. The van der Waals surface area contributed by atoms with Crippen LogP contribution in [-0.4, -0.2) is 24.9 Å². The standard InChI is InChI=1S/C12H13N3O3S/c1-2-15(10-3-6-13-7-4-10)19(17,18)12-9-14-8-5-11(12)16/h3-9H,2H2,1H3,(H,14,16). The van der Waals surface area contributed by atoms with Gasteiger partial charge in [0.05, 0.1) is 5.69 Å². The van der Waals surface area contributed by atoms with E-state index in [1.807, 2.05) is 0 Å². The number of nitrogens with one attached hydrogen (secondary N) is 1. The normalized spacial score (nSPS) is 11.2. The summed E-state index contributed by atoms with van der Waals surface area (Å²) in [5.74, 6) is 0. The van der Waals surface area contributed by atoms with E-state index in [0.717, 1.165) is 0 Å². The van der Waals surface area contributed by atoms with E-state index < -0.39 is 15.5 Å². The minimum atomic E-state index is -3.87. The fourth-order valence-electron chi connectivity index (χ4n) is 1.72. The van der Waals surface area contributed by atoms with Crippen LogP contribution in [-0.2, 0) is 10.0 Å². The van der Waals surface area contributed by atoms with Crippen LogP contribution in [0.4, 0.5) is 5.69 Å². The van der Waals surface area contributed by atoms with Gasteiger partial charge in [0.15, 0.2) is 4.90 Å². The summed E-state index contributed by atoms with van der Waals surface area (Å²) in [7, 11) is -3.87. The lowest BCUT2D eigenvalue weighted by Crippen LogP contribution is -2.33. The summed E-state index contributed by atoms with van der Waals surface area (Å²) in [6.45, 7) is 1.93. The van der Waals surface area contributed by atoms with E-state index in [9.17, 15) is 13.2 Å². The third kappa shape index (κ3) is 2.50. The molecule has 0 spiro atoms. The number of hydrogen-bond acceptors (Lipinski definition) is 4. The van der Waals surface area contributed by atoms with E-state index >= 15 is 0 Å². The van der Waals surface area contributed by atoms with Crippen molar-refractivity contribution < 1.29 is 8.42 Å². The van der Waals surface area contributed by atoms with Gasteiger partial charge in [-0.25, -0.2) is 8.42 Å². The maximum absolute atomic E-state index is 12.5. The highest BCUT2D eigenvalue weighted by Crippen LogP contribution is 2.20. The highest BCUT2D eigenvalue weighted by molar-refractivity contribution is 7.92. The second kappa shape index (κ2) is 5.23. The Morgan fingerprint density at radius 1 is 1.26 bits per heavy atom. The van der Waals surface area contributed by atoms with Crippen LogP contribution in [0.1, 0.15) is 6.92 Å². The number of aromatic amines is 1. The molecule has 0 saturated carbocycles. The quantitative estimate of drug-likeness (QED) is 0.904. The predicted molar refractivity (Wildman–Crippen MR) is 71.5 cm³/mol. The van der Waals surface area contributed by atoms with Crippen LogP contribution in [0, 0.1) is 0 Å². The minimum absolute atomic E-state index is 0.223. The lowest BCUT2D eigenvalue weighted by atomic mass is 10.4. The number of hydrogen-bond donors (Lipinski definition) is 1. The van der Waals surface area contributed by atoms with E-state index in [1.54, 1.807) is 19.1 Å². The average molecular weight is 279 g/mol. The molecule has 2 aromatic rings. The first kappa shape index (κ1) is 13.3. The molecule has 2 heterocycles. The fourth-order valence-corrected chi connectivity index (χ4v) is 3.24. The number of anilines is 1. The van der Waals surface area contributed by atoms with Crippen molar-refractivity contribution in [3.8, 4) is 0 Å². The van der Waals surface area contributed by atoms with Crippen molar-refractivity contribution in [2.45, 2.75) is 11.8 Å². The van der Waals surface area contributed by atoms with E-state index in [1.165, 1.54) is 35.2 Å². The largest absolute Gasteiger partial charge is 0.366 e. The highest BCUT2D eigenvalue weighted by Gasteiger charge is 2.25. The van der Waals surface area contributed by atoms with Gasteiger partial charge in [-0.05, 0) is 19.1 Å². The number of pyridine rings is 2. The fraction of sp³-hybridized carbons (Fsp3) is 0.167. The van der Waals surface area contributed by atoms with Crippen LogP contribution < -0.4 is 9.73 Å². The van der Waals surface area contributed by atoms with Crippen molar-refractivity contribution in [1.82, 2.24) is 9.97 Å². The number of H-pyrrole nitrogens is 1. The van der Waals surface area contributed by atoms with Gasteiger partial charge >= 0.3 is 0 Å². The molecule has 0 atom stereocenters. The van der Waals surface area contributed by atoms with Gasteiger partial charge in [-0.2, -0.15) is 0 Å². The summed E-state index contributed by atoms with van der Waals surface area (Å²) in [6.07, 6.45) is 5.59. The molecule has 19 heavy (non-hydrogen) atoms. The Morgan fingerprint density at radius 3 is 2.53 bits per heavy atom. The lowest BCUT2D eigenvalue weighted by molar-refractivity contribution is 0.590. The summed E-state index contributed by atoms with van der Waals surface area (Å²) in [5.41, 5.74) is -0.0630. The van der Waals surface area contributed by atoms with Crippen molar-refractivity contribution in [2.75, 3.05) is 10.8 Å². The summed E-state index contributed by atoms with van der Waals surface area (Å²) >= 11 is 0. The van der Waals surface area contributed by atoms with Crippen LogP contribution in [0.2, 0.25) is 0 Å². The molecule has 0 aliphatic rings. The third-order valence-electron chi connectivity index (χ3n) is 2.59. The van der Waals surface area contributed by atoms with Crippen molar-refractivity contribution in [3.63, 3.8) is 0 Å².